The molecule has 112 valence electrons. The van der Waals surface area contributed by atoms with E-state index in [9.17, 15) is 4.39 Å². The van der Waals surface area contributed by atoms with E-state index in [2.05, 4.69) is 12.2 Å². The Morgan fingerprint density at radius 1 is 0.947 bits per heavy atom. The molecule has 1 atom stereocenters. The molecule has 1 heterocycles. The lowest BCUT2D eigenvalue weighted by Crippen LogP contribution is -2.22. The highest BCUT2D eigenvalue weighted by molar-refractivity contribution is 4.84. The predicted molar refractivity (Wildman–Crippen MR) is 71.2 cm³/mol. The quantitative estimate of drug-likeness (QED) is 0.452. The molecule has 0 N–H and O–H groups in total. The van der Waals surface area contributed by atoms with Crippen LogP contribution < -0.4 is 0 Å². The minimum Gasteiger partial charge on any atom is -0.377 e. The van der Waals surface area contributed by atoms with Crippen molar-refractivity contribution < 1.29 is 23.3 Å². The highest BCUT2D eigenvalue weighted by atomic mass is 19.1. The van der Waals surface area contributed by atoms with Crippen LogP contribution in [0.4, 0.5) is 4.39 Å². The molecule has 0 aromatic heterocycles. The van der Waals surface area contributed by atoms with Crippen LogP contribution in [-0.2, 0) is 18.9 Å². The fraction of sp³-hybridized carbons (Fsp3) is 0.857. The van der Waals surface area contributed by atoms with Crippen LogP contribution in [-0.4, -0.2) is 59.0 Å². The van der Waals surface area contributed by atoms with Gasteiger partial charge in [-0.25, -0.2) is 4.39 Å². The average molecular weight is 276 g/mol. The van der Waals surface area contributed by atoms with Crippen molar-refractivity contribution in [1.29, 1.82) is 0 Å². The number of rotatable bonds is 10. The molecule has 1 unspecified atom stereocenters. The molecule has 0 aromatic carbocycles. The molecule has 0 aromatic rings. The Kier molecular flexibility index (Phi) is 10.9. The first-order chi connectivity index (χ1) is 9.43. The van der Waals surface area contributed by atoms with Gasteiger partial charge < -0.3 is 18.9 Å². The monoisotopic (exact) mass is 276 g/mol. The maximum absolute atomic E-state index is 11.7. The van der Waals surface area contributed by atoms with Gasteiger partial charge in [0.25, 0.3) is 0 Å². The van der Waals surface area contributed by atoms with Gasteiger partial charge in [0.05, 0.1) is 52.4 Å². The van der Waals surface area contributed by atoms with E-state index in [0.29, 0.717) is 33.0 Å². The molecule has 0 aliphatic carbocycles. The number of ether oxygens (including phenoxy) is 4. The Bertz CT molecular complexity index is 223. The van der Waals surface area contributed by atoms with Gasteiger partial charge in [-0.3, -0.25) is 0 Å². The minimum absolute atomic E-state index is 0.146. The molecular weight excluding hydrogens is 251 g/mol. The summed E-state index contributed by atoms with van der Waals surface area (Å²) in [6, 6.07) is 0. The lowest BCUT2D eigenvalue weighted by molar-refractivity contribution is -0.0384. The molecule has 0 amide bonds. The van der Waals surface area contributed by atoms with E-state index in [1.165, 1.54) is 0 Å². The molecule has 0 saturated heterocycles. The summed E-state index contributed by atoms with van der Waals surface area (Å²) < 4.78 is 33.1. The normalized spacial score (nSPS) is 21.8. The summed E-state index contributed by atoms with van der Waals surface area (Å²) in [5, 5.41) is 0. The molecular formula is C14H25FO4. The Morgan fingerprint density at radius 2 is 1.63 bits per heavy atom. The maximum atomic E-state index is 11.7. The third-order valence-corrected chi connectivity index (χ3v) is 2.73. The van der Waals surface area contributed by atoms with Gasteiger partial charge in [0.15, 0.2) is 0 Å². The Hall–Kier alpha value is -0.490. The van der Waals surface area contributed by atoms with Crippen molar-refractivity contribution in [3.05, 3.63) is 12.2 Å². The number of hydrogen-bond acceptors (Lipinski definition) is 4. The van der Waals surface area contributed by atoms with Gasteiger partial charge in [-0.1, -0.05) is 12.2 Å². The summed E-state index contributed by atoms with van der Waals surface area (Å²) in [5.74, 6) is 0. The van der Waals surface area contributed by atoms with Crippen molar-refractivity contribution >= 4 is 0 Å². The molecule has 1 aliphatic heterocycles. The number of hydrogen-bond donors (Lipinski definition) is 0. The van der Waals surface area contributed by atoms with E-state index in [4.69, 9.17) is 18.9 Å². The van der Waals surface area contributed by atoms with Crippen LogP contribution in [0.25, 0.3) is 0 Å². The minimum atomic E-state index is -0.445. The second-order valence-corrected chi connectivity index (χ2v) is 4.32. The Labute approximate surface area is 114 Å². The first kappa shape index (κ1) is 16.6. The summed E-state index contributed by atoms with van der Waals surface area (Å²) in [6.07, 6.45) is 7.60. The molecule has 1 aliphatic rings. The fourth-order valence-corrected chi connectivity index (χ4v) is 1.74. The summed E-state index contributed by atoms with van der Waals surface area (Å²) in [4.78, 5) is 0. The van der Waals surface area contributed by atoms with Crippen LogP contribution in [0, 0.1) is 0 Å². The van der Waals surface area contributed by atoms with E-state index >= 15 is 0 Å². The molecule has 1 rings (SSSR count). The zero-order chi connectivity index (χ0) is 13.6. The van der Waals surface area contributed by atoms with Crippen LogP contribution in [0.5, 0.6) is 0 Å². The SMILES string of the molecule is FCCOCCOCCOCC1CC/C=C/CCO1. The summed E-state index contributed by atoms with van der Waals surface area (Å²) in [7, 11) is 0. The first-order valence-corrected chi connectivity index (χ1v) is 6.99. The van der Waals surface area contributed by atoms with E-state index in [-0.39, 0.29) is 12.7 Å². The van der Waals surface area contributed by atoms with Crippen LogP contribution in [0.1, 0.15) is 19.3 Å². The van der Waals surface area contributed by atoms with Crippen molar-refractivity contribution in [3.63, 3.8) is 0 Å². The van der Waals surface area contributed by atoms with Crippen LogP contribution in [0.2, 0.25) is 0 Å². The molecule has 19 heavy (non-hydrogen) atoms. The molecule has 0 spiro atoms. The van der Waals surface area contributed by atoms with E-state index in [1.54, 1.807) is 0 Å². The lowest BCUT2D eigenvalue weighted by Gasteiger charge is -2.18. The fourth-order valence-electron chi connectivity index (χ4n) is 1.74. The van der Waals surface area contributed by atoms with Crippen LogP contribution in [0.3, 0.4) is 0 Å². The third kappa shape index (κ3) is 10.0. The van der Waals surface area contributed by atoms with Crippen LogP contribution in [0.15, 0.2) is 12.2 Å². The van der Waals surface area contributed by atoms with Gasteiger partial charge in [0.1, 0.15) is 6.67 Å². The summed E-state index contributed by atoms with van der Waals surface area (Å²) in [5.41, 5.74) is 0. The Morgan fingerprint density at radius 3 is 2.42 bits per heavy atom. The van der Waals surface area contributed by atoms with Crippen molar-refractivity contribution in [2.24, 2.45) is 0 Å². The zero-order valence-electron chi connectivity index (χ0n) is 11.5. The largest absolute Gasteiger partial charge is 0.377 e. The Balaban J connectivity index is 1.85. The van der Waals surface area contributed by atoms with Gasteiger partial charge >= 0.3 is 0 Å². The van der Waals surface area contributed by atoms with Gasteiger partial charge in [0, 0.05) is 0 Å². The molecule has 0 radical (unpaired) electrons. The molecule has 0 fully saturated rings. The van der Waals surface area contributed by atoms with Gasteiger partial charge in [-0.05, 0) is 19.3 Å². The van der Waals surface area contributed by atoms with E-state index < -0.39 is 6.67 Å². The standard InChI is InChI=1S/C14H25FO4/c15-6-8-16-9-10-17-11-12-18-13-14-5-3-1-2-4-7-19-14/h1-2,14H,3-13H2/b2-1+. The number of allylic oxidation sites excluding steroid dienone is 1. The van der Waals surface area contributed by atoms with Gasteiger partial charge in [-0.2, -0.15) is 0 Å². The predicted octanol–water partition coefficient (Wildman–Crippen LogP) is 2.13. The molecule has 5 heteroatoms. The van der Waals surface area contributed by atoms with Crippen molar-refractivity contribution in [2.45, 2.75) is 25.4 Å². The molecule has 0 bridgehead atoms. The summed E-state index contributed by atoms with van der Waals surface area (Å²) in [6.45, 7) is 3.09. The van der Waals surface area contributed by atoms with Crippen molar-refractivity contribution in [2.75, 3.05) is 52.9 Å². The van der Waals surface area contributed by atoms with Crippen molar-refractivity contribution in [1.82, 2.24) is 0 Å². The second-order valence-electron chi connectivity index (χ2n) is 4.32. The molecule has 4 nitrogen and oxygen atoms in total. The second kappa shape index (κ2) is 12.5. The first-order valence-electron chi connectivity index (χ1n) is 6.99. The summed E-state index contributed by atoms with van der Waals surface area (Å²) >= 11 is 0. The topological polar surface area (TPSA) is 36.9 Å². The highest BCUT2D eigenvalue weighted by Crippen LogP contribution is 2.08. The number of halogens is 1. The van der Waals surface area contributed by atoms with E-state index in [1.807, 2.05) is 0 Å². The van der Waals surface area contributed by atoms with E-state index in [0.717, 1.165) is 25.9 Å². The van der Waals surface area contributed by atoms with Crippen molar-refractivity contribution in [3.8, 4) is 0 Å². The smallest absolute Gasteiger partial charge is 0.113 e. The highest BCUT2D eigenvalue weighted by Gasteiger charge is 2.09. The zero-order valence-corrected chi connectivity index (χ0v) is 11.5. The maximum Gasteiger partial charge on any atom is 0.113 e. The average Bonchev–Trinajstić information content (AvgIpc) is 2.39. The molecule has 0 saturated carbocycles. The third-order valence-electron chi connectivity index (χ3n) is 2.73. The van der Waals surface area contributed by atoms with Gasteiger partial charge in [-0.15, -0.1) is 0 Å². The lowest BCUT2D eigenvalue weighted by atomic mass is 10.1. The number of alkyl halides is 1. The van der Waals surface area contributed by atoms with Crippen LogP contribution >= 0.6 is 0 Å². The van der Waals surface area contributed by atoms with Gasteiger partial charge in [0.2, 0.25) is 0 Å².